The van der Waals surface area contributed by atoms with E-state index in [1.807, 2.05) is 49.4 Å². The molecule has 0 heterocycles. The zero-order valence-corrected chi connectivity index (χ0v) is 16.9. The number of hydrogen-bond donors (Lipinski definition) is 1. The molecule has 0 spiro atoms. The molecule has 0 aliphatic rings. The Kier molecular flexibility index (Phi) is 8.42. The summed E-state index contributed by atoms with van der Waals surface area (Å²) in [4.78, 5) is 0. The van der Waals surface area contributed by atoms with Crippen LogP contribution >= 0.6 is 11.6 Å². The fourth-order valence-electron chi connectivity index (χ4n) is 2.62. The highest BCUT2D eigenvalue weighted by Gasteiger charge is 2.13. The summed E-state index contributed by atoms with van der Waals surface area (Å²) in [6.07, 6.45) is 0. The van der Waals surface area contributed by atoms with Crippen molar-refractivity contribution in [1.29, 1.82) is 0 Å². The average Bonchev–Trinajstić information content (AvgIpc) is 2.68. The van der Waals surface area contributed by atoms with Gasteiger partial charge in [0.05, 0.1) is 11.6 Å². The lowest BCUT2D eigenvalue weighted by Crippen LogP contribution is -3.00. The number of rotatable bonds is 8. The first-order valence-corrected chi connectivity index (χ1v) is 9.15. The smallest absolute Gasteiger partial charge is 1.00 e. The molecule has 3 aromatic carbocycles. The van der Waals surface area contributed by atoms with Gasteiger partial charge >= 0.3 is 1.43 Å². The van der Waals surface area contributed by atoms with Crippen molar-refractivity contribution in [3.63, 3.8) is 0 Å². The third-order valence-corrected chi connectivity index (χ3v) is 4.22. The summed E-state index contributed by atoms with van der Waals surface area (Å²) in [6, 6.07) is 19.9. The Labute approximate surface area is 177 Å². The lowest BCUT2D eigenvalue weighted by molar-refractivity contribution is -0.00000670. The standard InChI is InChI=1S/C22H21ClFNO2.ClH/c1-2-26-21-13-17(14-25-19-6-4-3-5-7-19)12-20(23)22(21)27-15-16-8-10-18(24)11-9-16;/h3-13,25H,2,14-15H2,1H3;1H. The van der Waals surface area contributed by atoms with Crippen LogP contribution in [0.15, 0.2) is 66.7 Å². The maximum Gasteiger partial charge on any atom is 1.00 e. The Hall–Kier alpha value is -2.43. The van der Waals surface area contributed by atoms with Crippen LogP contribution in [-0.4, -0.2) is 6.61 Å². The second kappa shape index (κ2) is 10.8. The molecule has 3 rings (SSSR count). The van der Waals surface area contributed by atoms with Gasteiger partial charge in [0.15, 0.2) is 11.5 Å². The average molecular weight is 422 g/mol. The molecule has 148 valence electrons. The van der Waals surface area contributed by atoms with Crippen LogP contribution in [0.1, 0.15) is 19.5 Å². The zero-order valence-electron chi connectivity index (χ0n) is 16.4. The van der Waals surface area contributed by atoms with Crippen LogP contribution < -0.4 is 27.2 Å². The molecule has 0 fully saturated rings. The topological polar surface area (TPSA) is 30.5 Å². The van der Waals surface area contributed by atoms with E-state index in [9.17, 15) is 4.39 Å². The highest BCUT2D eigenvalue weighted by molar-refractivity contribution is 6.32. The molecule has 6 heteroatoms. The van der Waals surface area contributed by atoms with Crippen LogP contribution in [0.25, 0.3) is 0 Å². The van der Waals surface area contributed by atoms with Crippen molar-refractivity contribution >= 4 is 17.3 Å². The molecule has 28 heavy (non-hydrogen) atoms. The van der Waals surface area contributed by atoms with Gasteiger partial charge in [-0.3, -0.25) is 0 Å². The Bertz CT molecular complexity index is 880. The minimum absolute atomic E-state index is 0. The van der Waals surface area contributed by atoms with Gasteiger partial charge in [-0.1, -0.05) is 41.9 Å². The number of anilines is 1. The van der Waals surface area contributed by atoms with Crippen LogP contribution in [0.5, 0.6) is 11.5 Å². The number of para-hydroxylation sites is 1. The SMILES string of the molecule is CCOc1cc(CNc2ccccc2)cc(Cl)c1OCc1ccc(F)cc1.[Cl-].[H+]. The van der Waals surface area contributed by atoms with Gasteiger partial charge < -0.3 is 27.2 Å². The van der Waals surface area contributed by atoms with Gasteiger partial charge in [-0.2, -0.15) is 0 Å². The largest absolute Gasteiger partial charge is 1.00 e. The molecule has 0 atom stereocenters. The van der Waals surface area contributed by atoms with Crippen molar-refractivity contribution in [1.82, 2.24) is 0 Å². The molecule has 0 aliphatic carbocycles. The monoisotopic (exact) mass is 421 g/mol. The normalized spacial score (nSPS) is 10.1. The minimum Gasteiger partial charge on any atom is -1.00 e. The molecule has 0 radical (unpaired) electrons. The van der Waals surface area contributed by atoms with Gasteiger partial charge in [0.2, 0.25) is 0 Å². The summed E-state index contributed by atoms with van der Waals surface area (Å²) >= 11 is 6.45. The summed E-state index contributed by atoms with van der Waals surface area (Å²) in [5, 5.41) is 3.83. The van der Waals surface area contributed by atoms with Crippen molar-refractivity contribution in [2.24, 2.45) is 0 Å². The maximum atomic E-state index is 13.0. The van der Waals surface area contributed by atoms with Gasteiger partial charge in [-0.05, 0) is 54.4 Å². The van der Waals surface area contributed by atoms with Crippen LogP contribution in [-0.2, 0) is 13.2 Å². The predicted octanol–water partition coefficient (Wildman–Crippen LogP) is 3.19. The number of hydrogen-bond acceptors (Lipinski definition) is 3. The van der Waals surface area contributed by atoms with E-state index in [0.717, 1.165) is 16.8 Å². The fraction of sp³-hybridized carbons (Fsp3) is 0.182. The third-order valence-electron chi connectivity index (χ3n) is 3.94. The van der Waals surface area contributed by atoms with Gasteiger partial charge in [-0.25, -0.2) is 4.39 Å². The first kappa shape index (κ1) is 21.9. The summed E-state index contributed by atoms with van der Waals surface area (Å²) in [5.41, 5.74) is 2.87. The molecular formula is C22H22Cl2FNO2. The number of benzene rings is 3. The Morgan fingerprint density at radius 2 is 1.68 bits per heavy atom. The first-order valence-electron chi connectivity index (χ1n) is 8.77. The van der Waals surface area contributed by atoms with E-state index in [4.69, 9.17) is 21.1 Å². The van der Waals surface area contributed by atoms with Crippen LogP contribution in [0.2, 0.25) is 5.02 Å². The van der Waals surface area contributed by atoms with Gasteiger partial charge in [0, 0.05) is 12.2 Å². The summed E-state index contributed by atoms with van der Waals surface area (Å²) in [7, 11) is 0. The Morgan fingerprint density at radius 3 is 2.36 bits per heavy atom. The zero-order chi connectivity index (χ0) is 19.1. The van der Waals surface area contributed by atoms with E-state index in [2.05, 4.69) is 5.32 Å². The van der Waals surface area contributed by atoms with E-state index in [-0.39, 0.29) is 26.3 Å². The molecule has 0 aliphatic heterocycles. The number of nitrogens with one attached hydrogen (secondary N) is 1. The Morgan fingerprint density at radius 1 is 0.964 bits per heavy atom. The molecule has 0 saturated heterocycles. The fourth-order valence-corrected chi connectivity index (χ4v) is 2.91. The van der Waals surface area contributed by atoms with Crippen molar-refractivity contribution < 1.29 is 27.7 Å². The first-order chi connectivity index (χ1) is 13.2. The van der Waals surface area contributed by atoms with Crippen molar-refractivity contribution in [3.05, 3.63) is 88.7 Å². The third kappa shape index (κ3) is 6.04. The molecule has 3 nitrogen and oxygen atoms in total. The lowest BCUT2D eigenvalue weighted by atomic mass is 10.2. The van der Waals surface area contributed by atoms with E-state index >= 15 is 0 Å². The molecule has 0 unspecified atom stereocenters. The van der Waals surface area contributed by atoms with E-state index in [1.54, 1.807) is 12.1 Å². The summed E-state index contributed by atoms with van der Waals surface area (Å²) < 4.78 is 24.6. The second-order valence-electron chi connectivity index (χ2n) is 5.97. The van der Waals surface area contributed by atoms with E-state index in [1.165, 1.54) is 12.1 Å². The molecule has 0 saturated carbocycles. The molecule has 3 aromatic rings. The Balaban J connectivity index is 0.00000210. The highest BCUT2D eigenvalue weighted by atomic mass is 35.5. The maximum absolute atomic E-state index is 13.0. The van der Waals surface area contributed by atoms with E-state index < -0.39 is 0 Å². The second-order valence-corrected chi connectivity index (χ2v) is 6.38. The predicted molar refractivity (Wildman–Crippen MR) is 108 cm³/mol. The number of halogens is 3. The summed E-state index contributed by atoms with van der Waals surface area (Å²) in [6.45, 7) is 3.30. The molecule has 0 amide bonds. The van der Waals surface area contributed by atoms with Gasteiger partial charge in [0.1, 0.15) is 12.4 Å². The van der Waals surface area contributed by atoms with Crippen LogP contribution in [0.4, 0.5) is 10.1 Å². The quantitative estimate of drug-likeness (QED) is 0.605. The lowest BCUT2D eigenvalue weighted by Gasteiger charge is -2.16. The summed E-state index contributed by atoms with van der Waals surface area (Å²) in [5.74, 6) is 0.810. The van der Waals surface area contributed by atoms with Crippen molar-refractivity contribution in [2.75, 3.05) is 11.9 Å². The van der Waals surface area contributed by atoms with Gasteiger partial charge in [0.25, 0.3) is 0 Å². The molecule has 0 bridgehead atoms. The molecular weight excluding hydrogens is 400 g/mol. The van der Waals surface area contributed by atoms with Gasteiger partial charge in [-0.15, -0.1) is 0 Å². The van der Waals surface area contributed by atoms with Crippen LogP contribution in [0.3, 0.4) is 0 Å². The minimum atomic E-state index is -0.276. The number of ether oxygens (including phenoxy) is 2. The van der Waals surface area contributed by atoms with Crippen molar-refractivity contribution in [2.45, 2.75) is 20.1 Å². The molecule has 1 N–H and O–H groups in total. The van der Waals surface area contributed by atoms with E-state index in [0.29, 0.717) is 29.7 Å². The highest BCUT2D eigenvalue weighted by Crippen LogP contribution is 2.37. The molecule has 0 aromatic heterocycles. The van der Waals surface area contributed by atoms with Crippen molar-refractivity contribution in [3.8, 4) is 11.5 Å². The van der Waals surface area contributed by atoms with Crippen LogP contribution in [0, 0.1) is 5.82 Å².